The quantitative estimate of drug-likeness (QED) is 0.255. The molecule has 5 rings (SSSR count). The van der Waals surface area contributed by atoms with Crippen LogP contribution in [-0.2, 0) is 16.6 Å². The number of carbonyl (C=O) groups excluding carboxylic acids is 1. The zero-order chi connectivity index (χ0) is 27.9. The molecule has 206 valence electrons. The van der Waals surface area contributed by atoms with Crippen LogP contribution in [0, 0.1) is 23.3 Å². The Bertz CT molecular complexity index is 1560. The van der Waals surface area contributed by atoms with E-state index in [4.69, 9.17) is 0 Å². The van der Waals surface area contributed by atoms with E-state index in [2.05, 4.69) is 10.6 Å². The molecule has 3 aromatic carbocycles. The second kappa shape index (κ2) is 10.5. The number of benzene rings is 3. The van der Waals surface area contributed by atoms with Crippen molar-refractivity contribution >= 4 is 33.2 Å². The highest BCUT2D eigenvalue weighted by Crippen LogP contribution is 2.41. The summed E-state index contributed by atoms with van der Waals surface area (Å²) in [5.74, 6) is -4.83. The summed E-state index contributed by atoms with van der Waals surface area (Å²) in [6.45, 7) is 0. The summed E-state index contributed by atoms with van der Waals surface area (Å²) in [6.07, 6.45) is 2.91. The summed E-state index contributed by atoms with van der Waals surface area (Å²) in [6, 6.07) is 9.27. The van der Waals surface area contributed by atoms with E-state index in [0.29, 0.717) is 0 Å². The summed E-state index contributed by atoms with van der Waals surface area (Å²) in [7, 11) is -2.89. The van der Waals surface area contributed by atoms with Gasteiger partial charge in [-0.2, -0.15) is 8.42 Å². The van der Waals surface area contributed by atoms with E-state index >= 15 is 13.2 Å². The van der Waals surface area contributed by atoms with Gasteiger partial charge in [-0.3, -0.25) is 9.52 Å². The maximum atomic E-state index is 15.5. The summed E-state index contributed by atoms with van der Waals surface area (Å²) < 4.78 is 88.3. The number of anilines is 3. The van der Waals surface area contributed by atoms with Crippen LogP contribution in [0.3, 0.4) is 0 Å². The third-order valence-corrected chi connectivity index (χ3v) is 7.74. The molecule has 3 aromatic rings. The second-order valence-electron chi connectivity index (χ2n) is 9.74. The molecule has 12 heteroatoms. The average Bonchev–Trinajstić information content (AvgIpc) is 3.82. The highest BCUT2D eigenvalue weighted by Gasteiger charge is 2.29. The van der Waals surface area contributed by atoms with Gasteiger partial charge in [0.1, 0.15) is 5.82 Å². The lowest BCUT2D eigenvalue weighted by molar-refractivity contribution is 0.0951. The fourth-order valence-corrected chi connectivity index (χ4v) is 4.78. The Morgan fingerprint density at radius 1 is 0.897 bits per heavy atom. The first-order chi connectivity index (χ1) is 18.6. The Balaban J connectivity index is 1.51. The highest BCUT2D eigenvalue weighted by atomic mass is 32.2. The Hall–Kier alpha value is -3.64. The predicted molar refractivity (Wildman–Crippen MR) is 139 cm³/mol. The molecule has 0 aromatic heterocycles. The average molecular weight is 563 g/mol. The number of halogens is 4. The number of carbonyl (C=O) groups is 1. The van der Waals surface area contributed by atoms with E-state index in [1.54, 1.807) is 6.07 Å². The summed E-state index contributed by atoms with van der Waals surface area (Å²) in [5, 5.41) is 5.26. The monoisotopic (exact) mass is 562 g/mol. The molecule has 0 atom stereocenters. The van der Waals surface area contributed by atoms with Crippen molar-refractivity contribution in [2.24, 2.45) is 0 Å². The number of nitrogens with one attached hydrogen (secondary N) is 4. The molecule has 0 bridgehead atoms. The van der Waals surface area contributed by atoms with Gasteiger partial charge in [0.25, 0.3) is 16.1 Å². The van der Waals surface area contributed by atoms with E-state index < -0.39 is 57.2 Å². The zero-order valence-electron chi connectivity index (χ0n) is 20.9. The molecule has 2 fully saturated rings. The number of hydrogen-bond donors (Lipinski definition) is 4. The highest BCUT2D eigenvalue weighted by molar-refractivity contribution is 7.90. The topological polar surface area (TPSA) is 99.3 Å². The molecule has 2 aliphatic carbocycles. The third kappa shape index (κ3) is 6.01. The minimum atomic E-state index is -4.03. The van der Waals surface area contributed by atoms with Crippen molar-refractivity contribution < 1.29 is 30.8 Å². The third-order valence-electron chi connectivity index (χ3n) is 6.71. The minimum Gasteiger partial charge on any atom is -0.350 e. The Labute approximate surface area is 223 Å². The lowest BCUT2D eigenvalue weighted by atomic mass is 9.98. The molecule has 39 heavy (non-hydrogen) atoms. The van der Waals surface area contributed by atoms with Crippen LogP contribution in [0.5, 0.6) is 0 Å². The van der Waals surface area contributed by atoms with Gasteiger partial charge in [-0.1, -0.05) is 18.2 Å². The van der Waals surface area contributed by atoms with Gasteiger partial charge in [-0.05, 0) is 72.6 Å². The van der Waals surface area contributed by atoms with Gasteiger partial charge in [0.05, 0.1) is 22.6 Å². The van der Waals surface area contributed by atoms with E-state index in [0.717, 1.165) is 44.4 Å². The van der Waals surface area contributed by atoms with Gasteiger partial charge < -0.3 is 10.6 Å². The molecule has 0 heterocycles. The molecule has 1 amide bonds. The van der Waals surface area contributed by atoms with Crippen LogP contribution >= 0.6 is 0 Å². The molecule has 2 saturated carbocycles. The standard InChI is InChI=1S/C27H26F4N4O3S/c1-32-39(37,38)35-22-4-2-3-16(23(22)29)11-17-12-19(27(36)33-18-8-9-18)26(25(31)24(17)30)34-21-10-7-15(13-20(21)28)14-5-6-14/h2-4,7,10,12-14,18,32,34-35H,5-6,8-9,11H2,1H3,(H,33,36). The number of amides is 1. The van der Waals surface area contributed by atoms with Crippen LogP contribution in [0.1, 0.15) is 58.6 Å². The van der Waals surface area contributed by atoms with Crippen molar-refractivity contribution in [1.82, 2.24) is 10.0 Å². The number of hydrogen-bond acceptors (Lipinski definition) is 4. The maximum Gasteiger partial charge on any atom is 0.298 e. The predicted octanol–water partition coefficient (Wildman–Crippen LogP) is 5.22. The van der Waals surface area contributed by atoms with Crippen molar-refractivity contribution in [1.29, 1.82) is 0 Å². The van der Waals surface area contributed by atoms with Crippen LogP contribution in [0.25, 0.3) is 0 Å². The molecule has 0 saturated heterocycles. The van der Waals surface area contributed by atoms with Gasteiger partial charge in [-0.25, -0.2) is 22.3 Å². The van der Waals surface area contributed by atoms with Crippen LogP contribution in [0.15, 0.2) is 42.5 Å². The largest absolute Gasteiger partial charge is 0.350 e. The summed E-state index contributed by atoms with van der Waals surface area (Å²) >= 11 is 0. The lowest BCUT2D eigenvalue weighted by Crippen LogP contribution is -2.27. The number of rotatable bonds is 10. The summed E-state index contributed by atoms with van der Waals surface area (Å²) in [5.41, 5.74) is -0.985. The lowest BCUT2D eigenvalue weighted by Gasteiger charge is -2.17. The first-order valence-corrected chi connectivity index (χ1v) is 13.9. The van der Waals surface area contributed by atoms with Crippen molar-refractivity contribution in [3.05, 3.63) is 88.0 Å². The van der Waals surface area contributed by atoms with Crippen molar-refractivity contribution in [2.45, 2.75) is 44.1 Å². The molecule has 2 aliphatic rings. The molecular formula is C27H26F4N4O3S. The fourth-order valence-electron chi connectivity index (χ4n) is 4.23. The summed E-state index contributed by atoms with van der Waals surface area (Å²) in [4.78, 5) is 13.0. The SMILES string of the molecule is CNS(=O)(=O)Nc1cccc(Cc2cc(C(=O)NC3CC3)c(Nc3ccc(C4CC4)cc3F)c(F)c2F)c1F. The first-order valence-electron chi connectivity index (χ1n) is 12.4. The Morgan fingerprint density at radius 2 is 1.64 bits per heavy atom. The van der Waals surface area contributed by atoms with Gasteiger partial charge in [0.15, 0.2) is 17.5 Å². The van der Waals surface area contributed by atoms with Crippen LogP contribution in [0.4, 0.5) is 34.6 Å². The smallest absolute Gasteiger partial charge is 0.298 e. The normalized spacial score (nSPS) is 15.2. The van der Waals surface area contributed by atoms with Gasteiger partial charge in [-0.15, -0.1) is 0 Å². The Kier molecular flexibility index (Phi) is 7.25. The molecule has 4 N–H and O–H groups in total. The first kappa shape index (κ1) is 26.9. The maximum absolute atomic E-state index is 15.5. The van der Waals surface area contributed by atoms with E-state index in [-0.39, 0.29) is 34.3 Å². The van der Waals surface area contributed by atoms with E-state index in [1.165, 1.54) is 30.3 Å². The van der Waals surface area contributed by atoms with Crippen LogP contribution < -0.4 is 20.1 Å². The van der Waals surface area contributed by atoms with Gasteiger partial charge >= 0.3 is 0 Å². The van der Waals surface area contributed by atoms with Crippen LogP contribution in [0.2, 0.25) is 0 Å². The molecule has 0 unspecified atom stereocenters. The van der Waals surface area contributed by atoms with Gasteiger partial charge in [0.2, 0.25) is 0 Å². The van der Waals surface area contributed by atoms with Crippen molar-refractivity contribution in [2.75, 3.05) is 17.1 Å². The molecule has 0 aliphatic heterocycles. The zero-order valence-corrected chi connectivity index (χ0v) is 21.7. The van der Waals surface area contributed by atoms with Gasteiger partial charge in [0, 0.05) is 19.5 Å². The van der Waals surface area contributed by atoms with Crippen molar-refractivity contribution in [3.8, 4) is 0 Å². The van der Waals surface area contributed by atoms with Crippen LogP contribution in [-0.4, -0.2) is 27.4 Å². The Morgan fingerprint density at radius 3 is 2.28 bits per heavy atom. The molecule has 0 radical (unpaired) electrons. The fraction of sp³-hybridized carbons (Fsp3) is 0.296. The minimum absolute atomic E-state index is 0.106. The molecule has 7 nitrogen and oxygen atoms in total. The second-order valence-corrected chi connectivity index (χ2v) is 11.4. The molecule has 0 spiro atoms. The van der Waals surface area contributed by atoms with E-state index in [1.807, 2.05) is 9.44 Å². The molecular weight excluding hydrogens is 536 g/mol. The van der Waals surface area contributed by atoms with E-state index in [9.17, 15) is 17.6 Å². The van der Waals surface area contributed by atoms with Crippen molar-refractivity contribution in [3.63, 3.8) is 0 Å².